The van der Waals surface area contributed by atoms with Gasteiger partial charge in [0.25, 0.3) is 0 Å². The Bertz CT molecular complexity index is 2070. The number of hydrogen-bond donors (Lipinski definition) is 6. The highest BCUT2D eigenvalue weighted by Crippen LogP contribution is 2.32. The molecule has 80 heavy (non-hydrogen) atoms. The second-order valence-electron chi connectivity index (χ2n) is 23.0. The SMILES string of the molecule is CCC(CO)OC(COC(=O)NCCC(=O)N[C@@H](C(=O)OCCCNC(=O)[C@@H](Cc1ccccc1)NC(=O)C(C)[C@H](C)[C@H]1CCCN1C(=O)C[C@H](C)[C@@H]([C@H](C)CC)N(C)C(=O)[C@H](NC(=O)[C@@H](C(C)C)N(C)C)C(C)C)C(C)C)OC. The van der Waals surface area contributed by atoms with E-state index in [2.05, 4.69) is 40.4 Å². The molecule has 1 saturated heterocycles. The summed E-state index contributed by atoms with van der Waals surface area (Å²) < 4.78 is 21.3. The van der Waals surface area contributed by atoms with Gasteiger partial charge in [-0.1, -0.05) is 120 Å². The molecule has 0 radical (unpaired) electrons. The van der Waals surface area contributed by atoms with E-state index in [1.54, 1.807) is 25.8 Å². The number of likely N-dealkylation sites (N-methyl/N-ethyl adjacent to an activating group) is 2. The van der Waals surface area contributed by atoms with E-state index in [0.29, 0.717) is 19.4 Å². The molecular formula is C59H102N8O13. The van der Waals surface area contributed by atoms with E-state index in [4.69, 9.17) is 18.9 Å². The van der Waals surface area contributed by atoms with Crippen LogP contribution in [0.3, 0.4) is 0 Å². The summed E-state index contributed by atoms with van der Waals surface area (Å²) in [6, 6.07) is 5.76. The maximum Gasteiger partial charge on any atom is 0.407 e. The molecule has 0 aromatic heterocycles. The Morgan fingerprint density at radius 3 is 1.96 bits per heavy atom. The van der Waals surface area contributed by atoms with Crippen LogP contribution in [0.1, 0.15) is 134 Å². The molecule has 2 rings (SSSR count). The number of likely N-dealkylation sites (tertiary alicyclic amines) is 1. The molecule has 1 aliphatic rings. The second-order valence-corrected chi connectivity index (χ2v) is 23.0. The van der Waals surface area contributed by atoms with Crippen molar-refractivity contribution in [2.24, 2.45) is 41.4 Å². The fraction of sp³-hybridized carbons (Fsp3) is 0.763. The molecule has 0 aliphatic carbocycles. The minimum Gasteiger partial charge on any atom is -0.464 e. The van der Waals surface area contributed by atoms with Gasteiger partial charge in [0, 0.05) is 71.1 Å². The molecule has 456 valence electrons. The molecule has 0 bridgehead atoms. The van der Waals surface area contributed by atoms with Gasteiger partial charge in [0.1, 0.15) is 24.7 Å². The van der Waals surface area contributed by atoms with Crippen LogP contribution in [0.15, 0.2) is 30.3 Å². The number of carbonyl (C=O) groups excluding carboxylic acids is 8. The Labute approximate surface area is 477 Å². The van der Waals surface area contributed by atoms with Crippen LogP contribution < -0.4 is 26.6 Å². The van der Waals surface area contributed by atoms with Crippen LogP contribution in [0.25, 0.3) is 0 Å². The lowest BCUT2D eigenvalue weighted by atomic mass is 9.84. The third kappa shape index (κ3) is 22.9. The van der Waals surface area contributed by atoms with Crippen LogP contribution in [0, 0.1) is 41.4 Å². The van der Waals surface area contributed by atoms with E-state index in [1.807, 2.05) is 110 Å². The molecule has 0 saturated carbocycles. The molecular weight excluding hydrogens is 1030 g/mol. The van der Waals surface area contributed by atoms with Gasteiger partial charge in [-0.05, 0) is 80.8 Å². The van der Waals surface area contributed by atoms with Crippen molar-refractivity contribution in [2.45, 2.75) is 183 Å². The Morgan fingerprint density at radius 2 is 1.40 bits per heavy atom. The molecule has 1 aromatic carbocycles. The number of ether oxygens (including phenoxy) is 4. The van der Waals surface area contributed by atoms with Crippen molar-refractivity contribution in [1.82, 2.24) is 41.3 Å². The molecule has 12 atom stereocenters. The van der Waals surface area contributed by atoms with Crippen molar-refractivity contribution >= 4 is 47.5 Å². The van der Waals surface area contributed by atoms with E-state index in [1.165, 1.54) is 7.11 Å². The molecule has 1 fully saturated rings. The van der Waals surface area contributed by atoms with E-state index in [9.17, 15) is 43.5 Å². The lowest BCUT2D eigenvalue weighted by molar-refractivity contribution is -0.181. The Kier molecular flexibility index (Phi) is 32.0. The number of benzene rings is 1. The summed E-state index contributed by atoms with van der Waals surface area (Å²) in [6.07, 6.45) is 1.14. The number of aliphatic hydroxyl groups is 1. The highest BCUT2D eigenvalue weighted by atomic mass is 16.7. The molecule has 1 heterocycles. The number of amides is 7. The van der Waals surface area contributed by atoms with Crippen LogP contribution in [0.5, 0.6) is 0 Å². The molecule has 6 N–H and O–H groups in total. The normalized spacial score (nSPS) is 17.7. The first-order chi connectivity index (χ1) is 37.7. The van der Waals surface area contributed by atoms with E-state index < -0.39 is 66.4 Å². The fourth-order valence-corrected chi connectivity index (χ4v) is 10.4. The summed E-state index contributed by atoms with van der Waals surface area (Å²) in [5.74, 6) is -3.81. The number of nitrogens with one attached hydrogen (secondary N) is 5. The summed E-state index contributed by atoms with van der Waals surface area (Å²) in [5, 5.41) is 23.4. The maximum atomic E-state index is 14.4. The highest BCUT2D eigenvalue weighted by molar-refractivity contribution is 5.91. The molecule has 7 amide bonds. The minimum absolute atomic E-state index is 0.0329. The Hall–Kier alpha value is -5.38. The highest BCUT2D eigenvalue weighted by Gasteiger charge is 2.41. The van der Waals surface area contributed by atoms with Crippen LogP contribution in [0.4, 0.5) is 4.79 Å². The summed E-state index contributed by atoms with van der Waals surface area (Å²) in [6.45, 7) is 23.2. The van der Waals surface area contributed by atoms with Gasteiger partial charge in [-0.25, -0.2) is 9.59 Å². The van der Waals surface area contributed by atoms with Crippen molar-refractivity contribution in [3.05, 3.63) is 35.9 Å². The lowest BCUT2D eigenvalue weighted by Gasteiger charge is -2.40. The number of aliphatic hydroxyl groups excluding tert-OH is 1. The average molecular weight is 1130 g/mol. The number of carbonyl (C=O) groups is 8. The van der Waals surface area contributed by atoms with Gasteiger partial charge < -0.3 is 60.4 Å². The minimum atomic E-state index is -0.975. The number of alkyl carbamates (subject to hydrolysis) is 1. The molecule has 0 spiro atoms. The summed E-state index contributed by atoms with van der Waals surface area (Å²) in [5.41, 5.74) is 0.837. The summed E-state index contributed by atoms with van der Waals surface area (Å²) >= 11 is 0. The zero-order chi connectivity index (χ0) is 60.4. The van der Waals surface area contributed by atoms with E-state index in [0.717, 1.165) is 18.4 Å². The monoisotopic (exact) mass is 1130 g/mol. The van der Waals surface area contributed by atoms with Crippen LogP contribution in [-0.4, -0.2) is 184 Å². The van der Waals surface area contributed by atoms with Gasteiger partial charge in [-0.3, -0.25) is 33.7 Å². The first-order valence-corrected chi connectivity index (χ1v) is 29.0. The standard InChI is InChI=1S/C59H102N8O13/c1-17-39(9)53(66(15)57(74)50(36(3)4)64-56(73)52(38(7)8)65(13)14)40(10)32-48(70)67-30-22-26-46(67)41(11)42(12)54(71)62-45(33-43-24-20-19-21-25-43)55(72)60-28-23-31-78-58(75)51(37(5)6)63-47(69)27-29-61-59(76)79-35-49(77-16)80-44(18-2)34-68/h19-21,24-25,36-42,44-46,49-53,68H,17-18,22-23,26-35H2,1-16H3,(H,60,72)(H,61,76)(H,62,71)(H,63,69)(H,64,73)/t39-,40+,41+,42?,44?,45-,46-,49?,50-,51-,52-,53-/m1/s1. The van der Waals surface area contributed by atoms with Crippen molar-refractivity contribution in [3.63, 3.8) is 0 Å². The van der Waals surface area contributed by atoms with Crippen LogP contribution in [0.2, 0.25) is 0 Å². The number of hydrogen-bond acceptors (Lipinski definition) is 14. The third-order valence-electron chi connectivity index (χ3n) is 15.5. The van der Waals surface area contributed by atoms with Crippen molar-refractivity contribution in [3.8, 4) is 0 Å². The average Bonchev–Trinajstić information content (AvgIpc) is 3.91. The Morgan fingerprint density at radius 1 is 0.750 bits per heavy atom. The van der Waals surface area contributed by atoms with Gasteiger partial charge in [-0.15, -0.1) is 0 Å². The topological polar surface area (TPSA) is 264 Å². The third-order valence-corrected chi connectivity index (χ3v) is 15.5. The Balaban J connectivity index is 2.05. The van der Waals surface area contributed by atoms with Gasteiger partial charge in [0.05, 0.1) is 25.4 Å². The number of esters is 1. The zero-order valence-electron chi connectivity index (χ0n) is 51.1. The number of nitrogens with zero attached hydrogens (tertiary/aromatic N) is 3. The van der Waals surface area contributed by atoms with Crippen LogP contribution in [-0.2, 0) is 58.9 Å². The van der Waals surface area contributed by atoms with Gasteiger partial charge in [0.2, 0.25) is 35.4 Å². The molecule has 21 heteroatoms. The van der Waals surface area contributed by atoms with E-state index in [-0.39, 0.29) is 130 Å². The first-order valence-electron chi connectivity index (χ1n) is 29.0. The quantitative estimate of drug-likeness (QED) is 0.0303. The fourth-order valence-electron chi connectivity index (χ4n) is 10.4. The van der Waals surface area contributed by atoms with Gasteiger partial charge in [0.15, 0.2) is 6.29 Å². The smallest absolute Gasteiger partial charge is 0.407 e. The largest absolute Gasteiger partial charge is 0.464 e. The number of rotatable bonds is 36. The zero-order valence-corrected chi connectivity index (χ0v) is 51.1. The lowest BCUT2D eigenvalue weighted by Crippen LogP contribution is -2.58. The van der Waals surface area contributed by atoms with E-state index >= 15 is 0 Å². The van der Waals surface area contributed by atoms with Crippen LogP contribution >= 0.6 is 0 Å². The predicted octanol–water partition coefficient (Wildman–Crippen LogP) is 4.67. The first kappa shape index (κ1) is 70.7. The number of methoxy groups -OCH3 is 1. The van der Waals surface area contributed by atoms with Crippen molar-refractivity contribution < 1.29 is 62.4 Å². The molecule has 21 nitrogen and oxygen atoms in total. The predicted molar refractivity (Wildman–Crippen MR) is 306 cm³/mol. The second kappa shape index (κ2) is 36.2. The van der Waals surface area contributed by atoms with Gasteiger partial charge in [-0.2, -0.15) is 0 Å². The van der Waals surface area contributed by atoms with Crippen molar-refractivity contribution in [2.75, 3.05) is 67.7 Å². The molecule has 1 aromatic rings. The van der Waals surface area contributed by atoms with Gasteiger partial charge >= 0.3 is 12.1 Å². The molecule has 1 aliphatic heterocycles. The summed E-state index contributed by atoms with van der Waals surface area (Å²) in [4.78, 5) is 114. The maximum absolute atomic E-state index is 14.4. The molecule has 3 unspecified atom stereocenters. The summed E-state index contributed by atoms with van der Waals surface area (Å²) in [7, 11) is 6.87. The van der Waals surface area contributed by atoms with Crippen molar-refractivity contribution in [1.29, 1.82) is 0 Å².